The SMILES string of the molecule is CCOc1ccc(/C(O)=C2/C(=O)C(=O)N(CCCN(C)C)C2c2ccccc2)cc1. The highest BCUT2D eigenvalue weighted by molar-refractivity contribution is 6.46. The normalized spacial score (nSPS) is 18.3. The lowest BCUT2D eigenvalue weighted by atomic mass is 9.95. The van der Waals surface area contributed by atoms with Gasteiger partial charge in [-0.25, -0.2) is 0 Å². The standard InChI is InChI=1S/C24H28N2O4/c1-4-30-19-13-11-18(12-14-19)22(27)20-21(17-9-6-5-7-10-17)26(24(29)23(20)28)16-8-15-25(2)3/h5-7,9-14,21,27H,4,8,15-16H2,1-3H3/b22-20-. The topological polar surface area (TPSA) is 70.1 Å². The van der Waals surface area contributed by atoms with Crippen molar-refractivity contribution in [3.05, 3.63) is 71.3 Å². The summed E-state index contributed by atoms with van der Waals surface area (Å²) in [6.07, 6.45) is 0.729. The van der Waals surface area contributed by atoms with Crippen molar-refractivity contribution < 1.29 is 19.4 Å². The molecule has 158 valence electrons. The zero-order valence-electron chi connectivity index (χ0n) is 17.7. The number of hydrogen-bond acceptors (Lipinski definition) is 5. The molecule has 2 aromatic rings. The molecule has 1 fully saturated rings. The molecule has 0 spiro atoms. The Balaban J connectivity index is 2.02. The number of rotatable bonds is 8. The first-order valence-corrected chi connectivity index (χ1v) is 10.1. The molecule has 0 aromatic heterocycles. The van der Waals surface area contributed by atoms with E-state index in [9.17, 15) is 14.7 Å². The number of carbonyl (C=O) groups excluding carboxylic acids is 2. The van der Waals surface area contributed by atoms with Crippen molar-refractivity contribution in [2.45, 2.75) is 19.4 Å². The van der Waals surface area contributed by atoms with Gasteiger partial charge in [0.1, 0.15) is 11.5 Å². The van der Waals surface area contributed by atoms with Gasteiger partial charge in [-0.3, -0.25) is 9.59 Å². The number of Topliss-reactive ketones (excluding diaryl/α,β-unsaturated/α-hetero) is 1. The molecule has 1 unspecified atom stereocenters. The Labute approximate surface area is 177 Å². The summed E-state index contributed by atoms with van der Waals surface area (Å²) in [4.78, 5) is 29.4. The average molecular weight is 408 g/mol. The molecule has 3 rings (SSSR count). The monoisotopic (exact) mass is 408 g/mol. The van der Waals surface area contributed by atoms with Gasteiger partial charge in [0, 0.05) is 12.1 Å². The Kier molecular flexibility index (Phi) is 6.90. The average Bonchev–Trinajstić information content (AvgIpc) is 2.99. The number of benzene rings is 2. The minimum Gasteiger partial charge on any atom is -0.507 e. The third kappa shape index (κ3) is 4.54. The maximum absolute atomic E-state index is 12.9. The third-order valence-corrected chi connectivity index (χ3v) is 5.10. The first-order valence-electron chi connectivity index (χ1n) is 10.1. The van der Waals surface area contributed by atoms with Crippen LogP contribution in [-0.2, 0) is 9.59 Å². The van der Waals surface area contributed by atoms with Gasteiger partial charge >= 0.3 is 0 Å². The van der Waals surface area contributed by atoms with Gasteiger partial charge in [-0.05, 0) is 63.8 Å². The van der Waals surface area contributed by atoms with Gasteiger partial charge in [0.2, 0.25) is 0 Å². The molecule has 1 saturated heterocycles. The molecular weight excluding hydrogens is 380 g/mol. The first-order chi connectivity index (χ1) is 14.4. The molecule has 30 heavy (non-hydrogen) atoms. The molecule has 1 atom stereocenters. The minimum atomic E-state index is -0.653. The Morgan fingerprint density at radius 2 is 1.73 bits per heavy atom. The smallest absolute Gasteiger partial charge is 0.295 e. The second kappa shape index (κ2) is 9.59. The van der Waals surface area contributed by atoms with Gasteiger partial charge in [0.05, 0.1) is 18.2 Å². The van der Waals surface area contributed by atoms with Crippen molar-refractivity contribution >= 4 is 17.4 Å². The van der Waals surface area contributed by atoms with E-state index in [1.165, 1.54) is 0 Å². The molecule has 6 heteroatoms. The number of aliphatic hydroxyl groups is 1. The summed E-state index contributed by atoms with van der Waals surface area (Å²) in [5, 5.41) is 11.0. The number of aliphatic hydroxyl groups excluding tert-OH is 1. The number of amides is 1. The van der Waals surface area contributed by atoms with E-state index in [4.69, 9.17) is 4.74 Å². The van der Waals surface area contributed by atoms with E-state index in [1.807, 2.05) is 56.3 Å². The van der Waals surface area contributed by atoms with Crippen molar-refractivity contribution in [1.82, 2.24) is 9.80 Å². The van der Waals surface area contributed by atoms with Crippen LogP contribution in [-0.4, -0.2) is 60.4 Å². The summed E-state index contributed by atoms with van der Waals surface area (Å²) in [7, 11) is 3.93. The number of ketones is 1. The third-order valence-electron chi connectivity index (χ3n) is 5.10. The fourth-order valence-electron chi connectivity index (χ4n) is 3.68. The van der Waals surface area contributed by atoms with Crippen molar-refractivity contribution in [2.75, 3.05) is 33.8 Å². The van der Waals surface area contributed by atoms with Gasteiger partial charge in [-0.2, -0.15) is 0 Å². The van der Waals surface area contributed by atoms with Gasteiger partial charge in [-0.1, -0.05) is 30.3 Å². The predicted octanol–water partition coefficient (Wildman–Crippen LogP) is 3.46. The molecule has 1 aliphatic rings. The summed E-state index contributed by atoms with van der Waals surface area (Å²) in [5.74, 6) is -0.714. The van der Waals surface area contributed by atoms with Crippen LogP contribution in [0.4, 0.5) is 0 Å². The van der Waals surface area contributed by atoms with Crippen LogP contribution >= 0.6 is 0 Å². The molecule has 1 N–H and O–H groups in total. The molecule has 1 amide bonds. The molecular formula is C24H28N2O4. The van der Waals surface area contributed by atoms with Crippen molar-refractivity contribution in [3.8, 4) is 5.75 Å². The summed E-state index contributed by atoms with van der Waals surface area (Å²) in [6, 6.07) is 15.6. The van der Waals surface area contributed by atoms with Crippen molar-refractivity contribution in [3.63, 3.8) is 0 Å². The van der Waals surface area contributed by atoms with E-state index in [1.54, 1.807) is 29.2 Å². The molecule has 0 aliphatic carbocycles. The zero-order chi connectivity index (χ0) is 21.7. The minimum absolute atomic E-state index is 0.125. The molecule has 0 bridgehead atoms. The molecule has 1 aliphatic heterocycles. The maximum Gasteiger partial charge on any atom is 0.295 e. The van der Waals surface area contributed by atoms with Crippen LogP contribution in [0.2, 0.25) is 0 Å². The molecule has 0 radical (unpaired) electrons. The summed E-state index contributed by atoms with van der Waals surface area (Å²) in [5.41, 5.74) is 1.40. The fraction of sp³-hybridized carbons (Fsp3) is 0.333. The van der Waals surface area contributed by atoms with Gasteiger partial charge in [0.15, 0.2) is 0 Å². The van der Waals surface area contributed by atoms with Gasteiger partial charge < -0.3 is 19.6 Å². The summed E-state index contributed by atoms with van der Waals surface area (Å²) >= 11 is 0. The quantitative estimate of drug-likeness (QED) is 0.412. The van der Waals surface area contributed by atoms with Gasteiger partial charge in [0.25, 0.3) is 11.7 Å². The highest BCUT2D eigenvalue weighted by Crippen LogP contribution is 2.39. The van der Waals surface area contributed by atoms with Crippen LogP contribution in [0.15, 0.2) is 60.2 Å². The summed E-state index contributed by atoms with van der Waals surface area (Å²) in [6.45, 7) is 3.66. The van der Waals surface area contributed by atoms with Crippen LogP contribution in [0.5, 0.6) is 5.75 Å². The Hall–Kier alpha value is -3.12. The van der Waals surface area contributed by atoms with E-state index >= 15 is 0 Å². The molecule has 1 heterocycles. The lowest BCUT2D eigenvalue weighted by molar-refractivity contribution is -0.139. The van der Waals surface area contributed by atoms with Crippen LogP contribution in [0, 0.1) is 0 Å². The Morgan fingerprint density at radius 3 is 2.33 bits per heavy atom. The van der Waals surface area contributed by atoms with E-state index in [2.05, 4.69) is 0 Å². The molecule has 0 saturated carbocycles. The lowest BCUT2D eigenvalue weighted by Gasteiger charge is -2.26. The maximum atomic E-state index is 12.9. The second-order valence-corrected chi connectivity index (χ2v) is 7.52. The number of likely N-dealkylation sites (tertiary alicyclic amines) is 1. The highest BCUT2D eigenvalue weighted by atomic mass is 16.5. The van der Waals surface area contributed by atoms with Crippen LogP contribution in [0.1, 0.15) is 30.5 Å². The number of ether oxygens (including phenoxy) is 1. The number of carbonyl (C=O) groups is 2. The molecule has 6 nitrogen and oxygen atoms in total. The van der Waals surface area contributed by atoms with Gasteiger partial charge in [-0.15, -0.1) is 0 Å². The Morgan fingerprint density at radius 1 is 1.07 bits per heavy atom. The number of nitrogens with zero attached hydrogens (tertiary/aromatic N) is 2. The van der Waals surface area contributed by atoms with Crippen LogP contribution < -0.4 is 4.74 Å². The van der Waals surface area contributed by atoms with Crippen LogP contribution in [0.25, 0.3) is 5.76 Å². The highest BCUT2D eigenvalue weighted by Gasteiger charge is 2.45. The first kappa shape index (κ1) is 21.6. The van der Waals surface area contributed by atoms with E-state index < -0.39 is 17.7 Å². The Bertz CT molecular complexity index is 920. The largest absolute Gasteiger partial charge is 0.507 e. The molecule has 2 aromatic carbocycles. The fourth-order valence-corrected chi connectivity index (χ4v) is 3.68. The number of hydrogen-bond donors (Lipinski definition) is 1. The van der Waals surface area contributed by atoms with E-state index in [-0.39, 0.29) is 11.3 Å². The second-order valence-electron chi connectivity index (χ2n) is 7.52. The van der Waals surface area contributed by atoms with Crippen molar-refractivity contribution in [2.24, 2.45) is 0 Å². The lowest BCUT2D eigenvalue weighted by Crippen LogP contribution is -2.32. The van der Waals surface area contributed by atoms with Crippen LogP contribution in [0.3, 0.4) is 0 Å². The summed E-state index contributed by atoms with van der Waals surface area (Å²) < 4.78 is 5.44. The van der Waals surface area contributed by atoms with E-state index in [0.29, 0.717) is 24.5 Å². The predicted molar refractivity (Wildman–Crippen MR) is 116 cm³/mol. The van der Waals surface area contributed by atoms with Crippen molar-refractivity contribution in [1.29, 1.82) is 0 Å². The van der Waals surface area contributed by atoms with E-state index in [0.717, 1.165) is 18.5 Å². The zero-order valence-corrected chi connectivity index (χ0v) is 17.7.